The molecule has 0 bridgehead atoms. The Kier molecular flexibility index (Phi) is 3.16. The Bertz CT molecular complexity index is 236. The fourth-order valence-corrected chi connectivity index (χ4v) is 2.02. The lowest BCUT2D eigenvalue weighted by Gasteiger charge is -1.94. The molecule has 0 aliphatic heterocycles. The Labute approximate surface area is 73.7 Å². The molecule has 0 aliphatic rings. The van der Waals surface area contributed by atoms with Crippen LogP contribution < -0.4 is 4.89 Å². The molecular formula is C6H9NO2S2. The first-order valence-corrected chi connectivity index (χ1v) is 5.04. The number of nitrogens with zero attached hydrogens (tertiary/aromatic N) is 1. The highest BCUT2D eigenvalue weighted by Crippen LogP contribution is 2.31. The van der Waals surface area contributed by atoms with Gasteiger partial charge in [-0.15, -0.1) is 0 Å². The smallest absolute Gasteiger partial charge is 0.242 e. The van der Waals surface area contributed by atoms with Crippen LogP contribution in [0.5, 0.6) is 5.06 Å². The van der Waals surface area contributed by atoms with Crippen LogP contribution in [-0.4, -0.2) is 18.3 Å². The fraction of sp³-hybridized carbons (Fsp3) is 0.500. The standard InChI is InChI=1S/C6H9NO2S2/c1-4-5(9-8-2)11-6(7-4)10-3/h1-3H3. The third-order valence-electron chi connectivity index (χ3n) is 1.07. The van der Waals surface area contributed by atoms with Crippen molar-refractivity contribution in [1.29, 1.82) is 0 Å². The van der Waals surface area contributed by atoms with Gasteiger partial charge in [0, 0.05) is 0 Å². The van der Waals surface area contributed by atoms with Crippen LogP contribution in [-0.2, 0) is 4.89 Å². The fourth-order valence-electron chi connectivity index (χ4n) is 0.599. The third kappa shape index (κ3) is 2.08. The average Bonchev–Trinajstić information content (AvgIpc) is 2.33. The Morgan fingerprint density at radius 1 is 1.55 bits per heavy atom. The zero-order valence-electron chi connectivity index (χ0n) is 6.58. The van der Waals surface area contributed by atoms with Crippen LogP contribution in [0, 0.1) is 6.92 Å². The maximum atomic E-state index is 4.86. The zero-order chi connectivity index (χ0) is 8.27. The van der Waals surface area contributed by atoms with E-state index < -0.39 is 0 Å². The molecule has 11 heavy (non-hydrogen) atoms. The van der Waals surface area contributed by atoms with Gasteiger partial charge in [0.1, 0.15) is 0 Å². The van der Waals surface area contributed by atoms with Crippen LogP contribution in [0.15, 0.2) is 4.34 Å². The molecule has 1 aromatic rings. The third-order valence-corrected chi connectivity index (χ3v) is 3.07. The largest absolute Gasteiger partial charge is 0.325 e. The monoisotopic (exact) mass is 191 g/mol. The summed E-state index contributed by atoms with van der Waals surface area (Å²) < 4.78 is 0.995. The lowest BCUT2D eigenvalue weighted by Crippen LogP contribution is -1.88. The van der Waals surface area contributed by atoms with Gasteiger partial charge in [-0.25, -0.2) is 4.98 Å². The highest BCUT2D eigenvalue weighted by Gasteiger charge is 2.07. The molecule has 0 radical (unpaired) electrons. The number of thiazole rings is 1. The lowest BCUT2D eigenvalue weighted by molar-refractivity contribution is -0.175. The maximum Gasteiger partial charge on any atom is 0.242 e. The quantitative estimate of drug-likeness (QED) is 0.416. The van der Waals surface area contributed by atoms with Gasteiger partial charge in [-0.3, -0.25) is 0 Å². The Balaban J connectivity index is 2.79. The van der Waals surface area contributed by atoms with Crippen LogP contribution in [0.2, 0.25) is 0 Å². The molecule has 1 rings (SSSR count). The van der Waals surface area contributed by atoms with Crippen molar-refractivity contribution in [1.82, 2.24) is 4.98 Å². The summed E-state index contributed by atoms with van der Waals surface area (Å²) in [4.78, 5) is 13.6. The molecule has 0 N–H and O–H groups in total. The Morgan fingerprint density at radius 2 is 2.27 bits per heavy atom. The van der Waals surface area contributed by atoms with Gasteiger partial charge in [-0.1, -0.05) is 23.1 Å². The highest BCUT2D eigenvalue weighted by molar-refractivity contribution is 8.00. The molecule has 62 valence electrons. The van der Waals surface area contributed by atoms with Gasteiger partial charge in [0.15, 0.2) is 4.34 Å². The lowest BCUT2D eigenvalue weighted by atomic mass is 10.6. The zero-order valence-corrected chi connectivity index (χ0v) is 8.21. The van der Waals surface area contributed by atoms with Gasteiger partial charge in [-0.2, -0.15) is 4.89 Å². The Hall–Kier alpha value is -0.260. The van der Waals surface area contributed by atoms with Crippen LogP contribution in [0.25, 0.3) is 0 Å². The molecule has 1 heterocycles. The normalized spacial score (nSPS) is 10.1. The van der Waals surface area contributed by atoms with Gasteiger partial charge in [0.25, 0.3) is 0 Å². The molecule has 0 saturated carbocycles. The van der Waals surface area contributed by atoms with Crippen LogP contribution in [0.3, 0.4) is 0 Å². The summed E-state index contributed by atoms with van der Waals surface area (Å²) in [6, 6.07) is 0. The van der Waals surface area contributed by atoms with E-state index in [2.05, 4.69) is 9.87 Å². The van der Waals surface area contributed by atoms with Gasteiger partial charge in [0.05, 0.1) is 12.8 Å². The predicted molar refractivity (Wildman–Crippen MR) is 46.3 cm³/mol. The Morgan fingerprint density at radius 3 is 2.73 bits per heavy atom. The van der Waals surface area contributed by atoms with Crippen LogP contribution in [0.1, 0.15) is 5.69 Å². The average molecular weight is 191 g/mol. The summed E-state index contributed by atoms with van der Waals surface area (Å²) in [6.07, 6.45) is 1.98. The van der Waals surface area contributed by atoms with E-state index in [-0.39, 0.29) is 0 Å². The molecule has 0 atom stereocenters. The number of rotatable bonds is 3. The van der Waals surface area contributed by atoms with E-state index in [1.54, 1.807) is 11.8 Å². The second-order valence-electron chi connectivity index (χ2n) is 1.81. The second-order valence-corrected chi connectivity index (χ2v) is 3.82. The summed E-state index contributed by atoms with van der Waals surface area (Å²) in [5, 5.41) is 0.733. The first-order chi connectivity index (χ1) is 5.27. The highest BCUT2D eigenvalue weighted by atomic mass is 32.2. The predicted octanol–water partition coefficient (Wildman–Crippen LogP) is 2.11. The minimum Gasteiger partial charge on any atom is -0.325 e. The summed E-state index contributed by atoms with van der Waals surface area (Å²) >= 11 is 3.09. The van der Waals surface area contributed by atoms with Gasteiger partial charge in [0.2, 0.25) is 5.06 Å². The van der Waals surface area contributed by atoms with Crippen molar-refractivity contribution in [3.8, 4) is 5.06 Å². The minimum atomic E-state index is 0.733. The van der Waals surface area contributed by atoms with Crippen molar-refractivity contribution in [3.63, 3.8) is 0 Å². The minimum absolute atomic E-state index is 0.733. The second kappa shape index (κ2) is 3.94. The van der Waals surface area contributed by atoms with Crippen molar-refractivity contribution < 1.29 is 9.78 Å². The van der Waals surface area contributed by atoms with E-state index in [0.29, 0.717) is 0 Å². The summed E-state index contributed by atoms with van der Waals surface area (Å²) in [5.41, 5.74) is 0.876. The van der Waals surface area contributed by atoms with Crippen molar-refractivity contribution in [2.45, 2.75) is 11.3 Å². The van der Waals surface area contributed by atoms with E-state index >= 15 is 0 Å². The van der Waals surface area contributed by atoms with Gasteiger partial charge < -0.3 is 4.89 Å². The molecule has 3 nitrogen and oxygen atoms in total. The molecular weight excluding hydrogens is 182 g/mol. The van der Waals surface area contributed by atoms with Crippen molar-refractivity contribution >= 4 is 23.1 Å². The van der Waals surface area contributed by atoms with Crippen molar-refractivity contribution in [2.24, 2.45) is 0 Å². The molecule has 0 aromatic carbocycles. The molecule has 0 fully saturated rings. The van der Waals surface area contributed by atoms with E-state index in [1.807, 2.05) is 13.2 Å². The molecule has 0 amide bonds. The summed E-state index contributed by atoms with van der Waals surface area (Å²) in [6.45, 7) is 1.89. The number of thioether (sulfide) groups is 1. The molecule has 0 unspecified atom stereocenters. The molecule has 5 heteroatoms. The number of aromatic nitrogens is 1. The summed E-state index contributed by atoms with van der Waals surface area (Å²) in [5.74, 6) is 0. The van der Waals surface area contributed by atoms with E-state index in [0.717, 1.165) is 15.1 Å². The first-order valence-electron chi connectivity index (χ1n) is 3.00. The van der Waals surface area contributed by atoms with Gasteiger partial charge >= 0.3 is 0 Å². The molecule has 1 aromatic heterocycles. The van der Waals surface area contributed by atoms with Crippen molar-refractivity contribution in [2.75, 3.05) is 13.4 Å². The number of hydrogen-bond acceptors (Lipinski definition) is 5. The van der Waals surface area contributed by atoms with E-state index in [1.165, 1.54) is 18.4 Å². The van der Waals surface area contributed by atoms with Crippen LogP contribution in [0.4, 0.5) is 0 Å². The van der Waals surface area contributed by atoms with E-state index in [9.17, 15) is 0 Å². The van der Waals surface area contributed by atoms with Crippen molar-refractivity contribution in [3.05, 3.63) is 5.69 Å². The topological polar surface area (TPSA) is 31.4 Å². The number of hydrogen-bond donors (Lipinski definition) is 0. The maximum absolute atomic E-state index is 4.86. The van der Waals surface area contributed by atoms with Gasteiger partial charge in [-0.05, 0) is 13.2 Å². The van der Waals surface area contributed by atoms with Crippen LogP contribution >= 0.6 is 23.1 Å². The number of aryl methyl sites for hydroxylation is 1. The molecule has 0 saturated heterocycles. The first kappa shape index (κ1) is 8.83. The molecule has 0 spiro atoms. The summed E-state index contributed by atoms with van der Waals surface area (Å²) in [7, 11) is 1.48. The van der Waals surface area contributed by atoms with E-state index in [4.69, 9.17) is 4.89 Å². The molecule has 0 aliphatic carbocycles. The SMILES string of the molecule is COOc1sc(SC)nc1C.